The van der Waals surface area contributed by atoms with Crippen molar-refractivity contribution in [3.05, 3.63) is 72.9 Å². The zero-order valence-corrected chi connectivity index (χ0v) is 54.1. The standard InChI is InChI=1S/C75H134O6/c1-4-7-10-13-15-17-19-21-23-25-27-29-31-33-35-36-37-38-40-41-43-45-47-49-51-53-55-57-59-62-65-68-74(77)80-71-72(70-79-73(76)67-64-61-12-9-6-3)81-75(78)69-66-63-60-58-56-54-52-50-48-46-44-42-39-34-32-30-28-26-24-22-20-18-16-14-11-8-5-2/h8,11,16,18-19,21-22,24-25,27-28,30,72H,4-7,9-10,12-15,17,20,23,26,29,31-71H2,1-3H3/b11-8-,18-16-,21-19-,24-22-,27-25-,30-28-. The van der Waals surface area contributed by atoms with E-state index in [1.807, 2.05) is 0 Å². The van der Waals surface area contributed by atoms with E-state index >= 15 is 0 Å². The first kappa shape index (κ1) is 77.9. The highest BCUT2D eigenvalue weighted by Crippen LogP contribution is 2.18. The van der Waals surface area contributed by atoms with Gasteiger partial charge in [-0.2, -0.15) is 0 Å². The van der Waals surface area contributed by atoms with Crippen LogP contribution >= 0.6 is 0 Å². The fourth-order valence-corrected chi connectivity index (χ4v) is 10.4. The zero-order chi connectivity index (χ0) is 58.5. The summed E-state index contributed by atoms with van der Waals surface area (Å²) in [6.07, 6.45) is 91.4. The predicted octanol–water partition coefficient (Wildman–Crippen LogP) is 24.4. The number of hydrogen-bond donors (Lipinski definition) is 0. The van der Waals surface area contributed by atoms with Crippen LogP contribution in [0.4, 0.5) is 0 Å². The number of rotatable bonds is 65. The third kappa shape index (κ3) is 67.5. The summed E-state index contributed by atoms with van der Waals surface area (Å²) in [6.45, 7) is 6.48. The normalized spacial score (nSPS) is 12.5. The van der Waals surface area contributed by atoms with Crippen LogP contribution in [0, 0.1) is 0 Å². The molecule has 0 aromatic carbocycles. The molecule has 6 heteroatoms. The predicted molar refractivity (Wildman–Crippen MR) is 353 cm³/mol. The fraction of sp³-hybridized carbons (Fsp3) is 0.800. The van der Waals surface area contributed by atoms with Gasteiger partial charge in [0.15, 0.2) is 6.10 Å². The van der Waals surface area contributed by atoms with Crippen LogP contribution < -0.4 is 0 Å². The van der Waals surface area contributed by atoms with Crippen molar-refractivity contribution in [2.45, 2.75) is 374 Å². The van der Waals surface area contributed by atoms with Gasteiger partial charge < -0.3 is 14.2 Å². The number of carbonyl (C=O) groups is 3. The van der Waals surface area contributed by atoms with Crippen LogP contribution in [0.3, 0.4) is 0 Å². The first-order valence-corrected chi connectivity index (χ1v) is 35.4. The Morgan fingerprint density at radius 2 is 0.481 bits per heavy atom. The molecule has 0 N–H and O–H groups in total. The van der Waals surface area contributed by atoms with E-state index in [9.17, 15) is 14.4 Å². The topological polar surface area (TPSA) is 78.9 Å². The maximum Gasteiger partial charge on any atom is 0.306 e. The quantitative estimate of drug-likeness (QED) is 0.0261. The minimum atomic E-state index is -0.771. The second-order valence-corrected chi connectivity index (χ2v) is 23.8. The summed E-state index contributed by atoms with van der Waals surface area (Å²) in [7, 11) is 0. The van der Waals surface area contributed by atoms with Crippen molar-refractivity contribution in [1.82, 2.24) is 0 Å². The SMILES string of the molecule is CC/C=C\C/C=C\C/C=C\C/C=C\CCCCCCCCCCCCCCCCC(=O)OC(COC(=O)CCCCCCC)COC(=O)CCCCCCCCCCCCCCCCCCCCC/C=C\C/C=C\CCCCCCC. The van der Waals surface area contributed by atoms with E-state index in [0.29, 0.717) is 19.3 Å². The summed E-state index contributed by atoms with van der Waals surface area (Å²) in [5, 5.41) is 0. The molecular formula is C75H134O6. The lowest BCUT2D eigenvalue weighted by atomic mass is 10.0. The summed E-state index contributed by atoms with van der Waals surface area (Å²) < 4.78 is 16.8. The Bertz CT molecular complexity index is 1490. The molecule has 0 saturated carbocycles. The Hall–Kier alpha value is -3.15. The smallest absolute Gasteiger partial charge is 0.306 e. The fourth-order valence-electron chi connectivity index (χ4n) is 10.4. The van der Waals surface area contributed by atoms with Crippen LogP contribution in [-0.4, -0.2) is 37.2 Å². The van der Waals surface area contributed by atoms with Gasteiger partial charge in [0.25, 0.3) is 0 Å². The van der Waals surface area contributed by atoms with Crippen molar-refractivity contribution in [1.29, 1.82) is 0 Å². The van der Waals surface area contributed by atoms with Crippen molar-refractivity contribution in [3.8, 4) is 0 Å². The van der Waals surface area contributed by atoms with E-state index < -0.39 is 6.10 Å². The summed E-state index contributed by atoms with van der Waals surface area (Å²) >= 11 is 0. The Kier molecular flexibility index (Phi) is 66.6. The second-order valence-electron chi connectivity index (χ2n) is 23.8. The average Bonchev–Trinajstić information content (AvgIpc) is 3.47. The molecule has 0 aromatic rings. The third-order valence-electron chi connectivity index (χ3n) is 15.7. The Labute approximate surface area is 503 Å². The maximum absolute atomic E-state index is 12.9. The van der Waals surface area contributed by atoms with E-state index in [1.165, 1.54) is 231 Å². The second kappa shape index (κ2) is 69.3. The summed E-state index contributed by atoms with van der Waals surface area (Å²) in [5.74, 6) is -0.867. The monoisotopic (exact) mass is 1130 g/mol. The van der Waals surface area contributed by atoms with Gasteiger partial charge in [-0.1, -0.05) is 331 Å². The Balaban J connectivity index is 3.94. The van der Waals surface area contributed by atoms with Crippen molar-refractivity contribution in [2.75, 3.05) is 13.2 Å². The van der Waals surface area contributed by atoms with Crippen LogP contribution in [0.15, 0.2) is 72.9 Å². The molecule has 0 heterocycles. The van der Waals surface area contributed by atoms with Crippen LogP contribution in [0.1, 0.15) is 367 Å². The van der Waals surface area contributed by atoms with Gasteiger partial charge in [-0.3, -0.25) is 14.4 Å². The molecule has 0 radical (unpaired) electrons. The van der Waals surface area contributed by atoms with E-state index in [0.717, 1.165) is 96.3 Å². The van der Waals surface area contributed by atoms with Crippen LogP contribution in [-0.2, 0) is 28.6 Å². The van der Waals surface area contributed by atoms with Gasteiger partial charge >= 0.3 is 17.9 Å². The first-order chi connectivity index (χ1) is 40.0. The highest BCUT2D eigenvalue weighted by molar-refractivity contribution is 5.71. The molecule has 0 aliphatic rings. The van der Waals surface area contributed by atoms with Crippen LogP contribution in [0.2, 0.25) is 0 Å². The molecule has 0 aliphatic carbocycles. The largest absolute Gasteiger partial charge is 0.462 e. The molecule has 0 rings (SSSR count). The van der Waals surface area contributed by atoms with E-state index in [4.69, 9.17) is 14.2 Å². The molecule has 0 fully saturated rings. The lowest BCUT2D eigenvalue weighted by Crippen LogP contribution is -2.30. The molecule has 0 saturated heterocycles. The Morgan fingerprint density at radius 1 is 0.259 bits per heavy atom. The Morgan fingerprint density at radius 3 is 0.753 bits per heavy atom. The molecule has 0 amide bonds. The average molecular weight is 1130 g/mol. The molecule has 81 heavy (non-hydrogen) atoms. The van der Waals surface area contributed by atoms with Gasteiger partial charge in [0, 0.05) is 19.3 Å². The van der Waals surface area contributed by atoms with Gasteiger partial charge in [0.2, 0.25) is 0 Å². The lowest BCUT2D eigenvalue weighted by molar-refractivity contribution is -0.167. The van der Waals surface area contributed by atoms with Gasteiger partial charge in [0.1, 0.15) is 13.2 Å². The van der Waals surface area contributed by atoms with Gasteiger partial charge in [-0.15, -0.1) is 0 Å². The third-order valence-corrected chi connectivity index (χ3v) is 15.7. The summed E-state index contributed by atoms with van der Waals surface area (Å²) in [4.78, 5) is 38.0. The lowest BCUT2D eigenvalue weighted by Gasteiger charge is -2.18. The maximum atomic E-state index is 12.9. The highest BCUT2D eigenvalue weighted by Gasteiger charge is 2.19. The molecule has 1 unspecified atom stereocenters. The van der Waals surface area contributed by atoms with Gasteiger partial charge in [0.05, 0.1) is 0 Å². The van der Waals surface area contributed by atoms with E-state index in [-0.39, 0.29) is 31.1 Å². The minimum Gasteiger partial charge on any atom is -0.462 e. The number of hydrogen-bond acceptors (Lipinski definition) is 6. The molecule has 0 aliphatic heterocycles. The van der Waals surface area contributed by atoms with Gasteiger partial charge in [-0.25, -0.2) is 0 Å². The van der Waals surface area contributed by atoms with Crippen molar-refractivity contribution in [2.24, 2.45) is 0 Å². The zero-order valence-electron chi connectivity index (χ0n) is 54.1. The van der Waals surface area contributed by atoms with E-state index in [1.54, 1.807) is 0 Å². The van der Waals surface area contributed by atoms with Crippen molar-refractivity contribution in [3.63, 3.8) is 0 Å². The molecule has 0 spiro atoms. The minimum absolute atomic E-state index is 0.0710. The molecule has 470 valence electrons. The van der Waals surface area contributed by atoms with Crippen molar-refractivity contribution >= 4 is 17.9 Å². The molecule has 6 nitrogen and oxygen atoms in total. The number of carbonyl (C=O) groups excluding carboxylic acids is 3. The summed E-state index contributed by atoms with van der Waals surface area (Å²) in [6, 6.07) is 0. The van der Waals surface area contributed by atoms with Crippen LogP contribution in [0.25, 0.3) is 0 Å². The molecule has 0 aromatic heterocycles. The first-order valence-electron chi connectivity index (χ1n) is 35.4. The van der Waals surface area contributed by atoms with Crippen LogP contribution in [0.5, 0.6) is 0 Å². The molecule has 1 atom stereocenters. The number of unbranched alkanes of at least 4 members (excludes halogenated alkanes) is 42. The van der Waals surface area contributed by atoms with Gasteiger partial charge in [-0.05, 0) is 89.9 Å². The summed E-state index contributed by atoms with van der Waals surface area (Å²) in [5.41, 5.74) is 0. The van der Waals surface area contributed by atoms with E-state index in [2.05, 4.69) is 93.7 Å². The number of ether oxygens (including phenoxy) is 3. The molecule has 0 bridgehead atoms. The molecular weight excluding hydrogens is 997 g/mol. The van der Waals surface area contributed by atoms with Crippen molar-refractivity contribution < 1.29 is 28.6 Å². The number of allylic oxidation sites excluding steroid dienone is 12. The number of esters is 3. The highest BCUT2D eigenvalue weighted by atomic mass is 16.6.